The lowest BCUT2D eigenvalue weighted by molar-refractivity contribution is -0.185. The molecule has 0 spiro atoms. The van der Waals surface area contributed by atoms with Crippen molar-refractivity contribution < 1.29 is 13.2 Å². The van der Waals surface area contributed by atoms with Crippen LogP contribution in [0, 0.1) is 17.2 Å². The van der Waals surface area contributed by atoms with Gasteiger partial charge in [-0.25, -0.2) is 0 Å². The topological polar surface area (TPSA) is 39.1 Å². The predicted molar refractivity (Wildman–Crippen MR) is 62.9 cm³/mol. The van der Waals surface area contributed by atoms with Crippen molar-refractivity contribution in [2.45, 2.75) is 38.4 Å². The van der Waals surface area contributed by atoms with Gasteiger partial charge in [-0.05, 0) is 38.9 Å². The summed E-state index contributed by atoms with van der Waals surface area (Å²) in [5, 5.41) is 12.0. The fourth-order valence-electron chi connectivity index (χ4n) is 2.17. The summed E-state index contributed by atoms with van der Waals surface area (Å²) in [5.41, 5.74) is 0. The largest absolute Gasteiger partial charge is 0.391 e. The highest BCUT2D eigenvalue weighted by Crippen LogP contribution is 2.33. The summed E-state index contributed by atoms with van der Waals surface area (Å²) in [7, 11) is 0. The summed E-state index contributed by atoms with van der Waals surface area (Å²) in [6.45, 7) is 4.14. The molecule has 1 heterocycles. The lowest BCUT2D eigenvalue weighted by atomic mass is 9.96. The predicted octanol–water partition coefficient (Wildman–Crippen LogP) is 2.15. The monoisotopic (exact) mass is 263 g/mol. The summed E-state index contributed by atoms with van der Waals surface area (Å²) >= 11 is 0. The molecular weight excluding hydrogens is 243 g/mol. The molecule has 0 saturated carbocycles. The van der Waals surface area contributed by atoms with Crippen LogP contribution >= 0.6 is 0 Å². The highest BCUT2D eigenvalue weighted by Gasteiger charge is 2.41. The Kier molecular flexibility index (Phi) is 5.89. The molecule has 0 amide bonds. The fraction of sp³-hybridized carbons (Fsp3) is 0.917. The molecule has 1 N–H and O–H groups in total. The highest BCUT2D eigenvalue weighted by molar-refractivity contribution is 4.93. The number of hydrogen-bond donors (Lipinski definition) is 1. The molecule has 0 aliphatic carbocycles. The van der Waals surface area contributed by atoms with E-state index in [9.17, 15) is 13.2 Å². The summed E-state index contributed by atoms with van der Waals surface area (Å²) in [6, 6.07) is 1.87. The number of rotatable bonds is 5. The van der Waals surface area contributed by atoms with E-state index in [4.69, 9.17) is 5.26 Å². The zero-order valence-corrected chi connectivity index (χ0v) is 10.6. The van der Waals surface area contributed by atoms with Crippen LogP contribution in [0.5, 0.6) is 0 Å². The third kappa shape index (κ3) is 4.83. The molecule has 1 aliphatic rings. The second-order valence-electron chi connectivity index (χ2n) is 4.75. The first kappa shape index (κ1) is 15.3. The van der Waals surface area contributed by atoms with E-state index in [1.54, 1.807) is 0 Å². The van der Waals surface area contributed by atoms with Crippen molar-refractivity contribution in [3.8, 4) is 6.07 Å². The van der Waals surface area contributed by atoms with Crippen molar-refractivity contribution in [1.29, 1.82) is 5.26 Å². The Bertz CT molecular complexity index is 277. The van der Waals surface area contributed by atoms with Crippen LogP contribution in [0.25, 0.3) is 0 Å². The average molecular weight is 263 g/mol. The lowest BCUT2D eigenvalue weighted by Crippen LogP contribution is -2.45. The summed E-state index contributed by atoms with van der Waals surface area (Å²) in [6.07, 6.45) is -2.83. The fourth-order valence-corrected chi connectivity index (χ4v) is 2.17. The molecule has 0 bridgehead atoms. The Labute approximate surface area is 106 Å². The van der Waals surface area contributed by atoms with Crippen LogP contribution in [0.4, 0.5) is 13.2 Å². The van der Waals surface area contributed by atoms with Gasteiger partial charge < -0.3 is 10.2 Å². The maximum Gasteiger partial charge on any atom is 0.391 e. The Morgan fingerprint density at radius 2 is 2.00 bits per heavy atom. The van der Waals surface area contributed by atoms with Crippen LogP contribution < -0.4 is 5.32 Å². The van der Waals surface area contributed by atoms with Gasteiger partial charge in [0, 0.05) is 6.54 Å². The summed E-state index contributed by atoms with van der Waals surface area (Å²) < 4.78 is 37.4. The number of nitrogens with one attached hydrogen (secondary N) is 1. The van der Waals surface area contributed by atoms with E-state index in [2.05, 4.69) is 11.4 Å². The molecule has 0 aromatic heterocycles. The van der Waals surface area contributed by atoms with Crippen molar-refractivity contribution in [2.24, 2.45) is 5.92 Å². The third-order valence-electron chi connectivity index (χ3n) is 3.29. The van der Waals surface area contributed by atoms with E-state index < -0.39 is 12.1 Å². The van der Waals surface area contributed by atoms with Crippen LogP contribution in [-0.2, 0) is 0 Å². The lowest BCUT2D eigenvalue weighted by Gasteiger charge is -2.33. The Morgan fingerprint density at radius 1 is 1.39 bits per heavy atom. The maximum atomic E-state index is 12.5. The van der Waals surface area contributed by atoms with Crippen LogP contribution in [-0.4, -0.2) is 43.3 Å². The second-order valence-corrected chi connectivity index (χ2v) is 4.75. The molecule has 1 atom stereocenters. The van der Waals surface area contributed by atoms with Crippen LogP contribution in [0.2, 0.25) is 0 Å². The number of hydrogen-bond acceptors (Lipinski definition) is 3. The van der Waals surface area contributed by atoms with Gasteiger partial charge in [0.1, 0.15) is 6.04 Å². The van der Waals surface area contributed by atoms with Gasteiger partial charge in [0.15, 0.2) is 0 Å². The standard InChI is InChI=1S/C12H20F3N3/c1-2-5-17-11(8-16)9-18-6-3-10(4-7-18)12(13,14)15/h10-11,17H,2-7,9H2,1H3. The second kappa shape index (κ2) is 6.95. The number of piperidine rings is 1. The molecule has 1 aliphatic heterocycles. The van der Waals surface area contributed by atoms with Gasteiger partial charge in [-0.15, -0.1) is 0 Å². The first-order valence-electron chi connectivity index (χ1n) is 6.39. The number of halogens is 3. The van der Waals surface area contributed by atoms with Crippen molar-refractivity contribution in [1.82, 2.24) is 10.2 Å². The molecule has 6 heteroatoms. The van der Waals surface area contributed by atoms with Crippen molar-refractivity contribution in [2.75, 3.05) is 26.2 Å². The van der Waals surface area contributed by atoms with Gasteiger partial charge in [0.05, 0.1) is 12.0 Å². The molecule has 0 aromatic rings. The van der Waals surface area contributed by atoms with Gasteiger partial charge >= 0.3 is 6.18 Å². The van der Waals surface area contributed by atoms with Crippen LogP contribution in [0.1, 0.15) is 26.2 Å². The van der Waals surface area contributed by atoms with E-state index in [0.29, 0.717) is 19.6 Å². The first-order valence-corrected chi connectivity index (χ1v) is 6.39. The Morgan fingerprint density at radius 3 is 2.44 bits per heavy atom. The van der Waals surface area contributed by atoms with Gasteiger partial charge in [-0.3, -0.25) is 0 Å². The van der Waals surface area contributed by atoms with Crippen LogP contribution in [0.15, 0.2) is 0 Å². The van der Waals surface area contributed by atoms with Crippen molar-refractivity contribution >= 4 is 0 Å². The zero-order valence-electron chi connectivity index (χ0n) is 10.6. The zero-order chi connectivity index (χ0) is 13.6. The highest BCUT2D eigenvalue weighted by atomic mass is 19.4. The quantitative estimate of drug-likeness (QED) is 0.826. The molecule has 0 aromatic carbocycles. The smallest absolute Gasteiger partial charge is 0.301 e. The molecule has 1 fully saturated rings. The number of alkyl halides is 3. The minimum atomic E-state index is -4.07. The summed E-state index contributed by atoms with van der Waals surface area (Å²) in [5.74, 6) is -1.17. The van der Waals surface area contributed by atoms with Crippen molar-refractivity contribution in [3.05, 3.63) is 0 Å². The maximum absolute atomic E-state index is 12.5. The molecule has 1 rings (SSSR count). The minimum absolute atomic E-state index is 0.148. The molecule has 1 saturated heterocycles. The Balaban J connectivity index is 2.32. The Hall–Kier alpha value is -0.800. The molecule has 18 heavy (non-hydrogen) atoms. The SMILES string of the molecule is CCCNC(C#N)CN1CCC(C(F)(F)F)CC1. The van der Waals surface area contributed by atoms with E-state index >= 15 is 0 Å². The van der Waals surface area contributed by atoms with Gasteiger partial charge in [0.25, 0.3) is 0 Å². The van der Waals surface area contributed by atoms with Crippen molar-refractivity contribution in [3.63, 3.8) is 0 Å². The van der Waals surface area contributed by atoms with Gasteiger partial charge in [-0.1, -0.05) is 6.92 Å². The molecular formula is C12H20F3N3. The normalized spacial score (nSPS) is 20.6. The molecule has 104 valence electrons. The van der Waals surface area contributed by atoms with E-state index in [1.165, 1.54) is 0 Å². The number of likely N-dealkylation sites (tertiary alicyclic amines) is 1. The third-order valence-corrected chi connectivity index (χ3v) is 3.29. The number of nitriles is 1. The van der Waals surface area contributed by atoms with E-state index in [1.807, 2.05) is 11.8 Å². The summed E-state index contributed by atoms with van der Waals surface area (Å²) in [4.78, 5) is 1.94. The van der Waals surface area contributed by atoms with Crippen LogP contribution in [0.3, 0.4) is 0 Å². The molecule has 1 unspecified atom stereocenters. The molecule has 3 nitrogen and oxygen atoms in total. The van der Waals surface area contributed by atoms with Gasteiger partial charge in [0.2, 0.25) is 0 Å². The molecule has 0 radical (unpaired) electrons. The first-order chi connectivity index (χ1) is 8.47. The van der Waals surface area contributed by atoms with Gasteiger partial charge in [-0.2, -0.15) is 18.4 Å². The minimum Gasteiger partial charge on any atom is -0.301 e. The van der Waals surface area contributed by atoms with E-state index in [0.717, 1.165) is 13.0 Å². The number of nitrogens with zero attached hydrogens (tertiary/aromatic N) is 2. The van der Waals surface area contributed by atoms with E-state index in [-0.39, 0.29) is 18.9 Å². The average Bonchev–Trinajstić information content (AvgIpc) is 2.34.